The first-order valence-corrected chi connectivity index (χ1v) is 8.82. The van der Waals surface area contributed by atoms with Crippen molar-refractivity contribution in [2.24, 2.45) is 0 Å². The molecule has 0 saturated carbocycles. The fourth-order valence-corrected chi connectivity index (χ4v) is 2.27. The van der Waals surface area contributed by atoms with Crippen LogP contribution in [0, 0.1) is 12.3 Å². The summed E-state index contributed by atoms with van der Waals surface area (Å²) in [5, 5.41) is 5.23. The summed E-state index contributed by atoms with van der Waals surface area (Å²) in [6.07, 6.45) is 7.19. The van der Waals surface area contributed by atoms with Crippen LogP contribution in [0.5, 0.6) is 0 Å². The van der Waals surface area contributed by atoms with Crippen LogP contribution in [0.2, 0.25) is 0 Å². The van der Waals surface area contributed by atoms with Crippen LogP contribution in [0.4, 0.5) is 4.79 Å². The molecule has 0 aliphatic heterocycles. The van der Waals surface area contributed by atoms with E-state index in [1.54, 1.807) is 0 Å². The smallest absolute Gasteiger partial charge is 0.407 e. The molecule has 1 aromatic rings. The number of hydrogen-bond donors (Lipinski definition) is 2. The molecule has 0 radical (unpaired) electrons. The highest BCUT2D eigenvalue weighted by atomic mass is 16.5. The Bertz CT molecular complexity index is 640. The van der Waals surface area contributed by atoms with Gasteiger partial charge in [-0.25, -0.2) is 9.59 Å². The Morgan fingerprint density at radius 2 is 1.89 bits per heavy atom. The Morgan fingerprint density at radius 3 is 2.56 bits per heavy atom. The molecule has 0 bridgehead atoms. The Labute approximate surface area is 159 Å². The third kappa shape index (κ3) is 9.90. The summed E-state index contributed by atoms with van der Waals surface area (Å²) in [6, 6.07) is 8.61. The lowest BCUT2D eigenvalue weighted by Gasteiger charge is -2.13. The van der Waals surface area contributed by atoms with Crippen LogP contribution in [0.1, 0.15) is 37.7 Å². The lowest BCUT2D eigenvalue weighted by atomic mass is 10.1. The Morgan fingerprint density at radius 1 is 1.15 bits per heavy atom. The number of rotatable bonds is 11. The zero-order chi connectivity index (χ0) is 19.9. The lowest BCUT2D eigenvalue weighted by molar-refractivity contribution is -0.144. The number of amides is 2. The number of hydrogen-bond acceptors (Lipinski definition) is 5. The van der Waals surface area contributed by atoms with Crippen LogP contribution in [-0.2, 0) is 25.7 Å². The van der Waals surface area contributed by atoms with E-state index < -0.39 is 18.1 Å². The lowest BCUT2D eigenvalue weighted by Crippen LogP contribution is -2.41. The van der Waals surface area contributed by atoms with Gasteiger partial charge in [0.05, 0.1) is 7.11 Å². The van der Waals surface area contributed by atoms with Crippen LogP contribution >= 0.6 is 0 Å². The average Bonchev–Trinajstić information content (AvgIpc) is 2.68. The summed E-state index contributed by atoms with van der Waals surface area (Å²) in [5.41, 5.74) is 0.925. The first-order valence-electron chi connectivity index (χ1n) is 8.82. The number of unbranched alkanes of at least 4 members (excludes halogenated alkanes) is 2. The van der Waals surface area contributed by atoms with Gasteiger partial charge in [-0.3, -0.25) is 4.79 Å². The van der Waals surface area contributed by atoms with Gasteiger partial charge < -0.3 is 20.1 Å². The summed E-state index contributed by atoms with van der Waals surface area (Å²) in [7, 11) is 1.25. The number of nitrogens with one attached hydrogen (secondary N) is 2. The molecule has 0 aliphatic carbocycles. The molecule has 0 aliphatic rings. The van der Waals surface area contributed by atoms with Crippen molar-refractivity contribution in [3.8, 4) is 12.3 Å². The zero-order valence-electron chi connectivity index (χ0n) is 15.5. The predicted molar refractivity (Wildman–Crippen MR) is 100 cm³/mol. The van der Waals surface area contributed by atoms with Crippen molar-refractivity contribution >= 4 is 18.0 Å². The van der Waals surface area contributed by atoms with Crippen LogP contribution in [0.15, 0.2) is 30.3 Å². The van der Waals surface area contributed by atoms with Crippen LogP contribution in [0.3, 0.4) is 0 Å². The quantitative estimate of drug-likeness (QED) is 0.352. The van der Waals surface area contributed by atoms with E-state index >= 15 is 0 Å². The molecule has 2 N–H and O–H groups in total. The standard InChI is InChI=1S/C20H26N2O5/c1-3-10-17(19(24)26-2)22-18(23)13-8-5-9-14-21-20(25)27-15-16-11-6-4-7-12-16/h1,4,6-7,11-12,17H,5,8-10,13-15H2,2H3,(H,21,25)(H,22,23)/t17-/m0/s1. The first-order chi connectivity index (χ1) is 13.1. The van der Waals surface area contributed by atoms with Gasteiger partial charge >= 0.3 is 12.1 Å². The Kier molecular flexibility index (Phi) is 10.8. The molecule has 0 spiro atoms. The molecule has 0 unspecified atom stereocenters. The molecular weight excluding hydrogens is 348 g/mol. The highest BCUT2D eigenvalue weighted by Gasteiger charge is 2.19. The van der Waals surface area contributed by atoms with Crippen molar-refractivity contribution in [3.05, 3.63) is 35.9 Å². The molecule has 0 aromatic heterocycles. The van der Waals surface area contributed by atoms with E-state index in [4.69, 9.17) is 11.2 Å². The maximum absolute atomic E-state index is 11.8. The summed E-state index contributed by atoms with van der Waals surface area (Å²) in [4.78, 5) is 34.9. The van der Waals surface area contributed by atoms with E-state index in [-0.39, 0.29) is 25.4 Å². The summed E-state index contributed by atoms with van der Waals surface area (Å²) in [6.45, 7) is 0.697. The molecule has 2 amide bonds. The molecule has 1 aromatic carbocycles. The van der Waals surface area contributed by atoms with Crippen LogP contribution < -0.4 is 10.6 Å². The number of carbonyl (C=O) groups excluding carboxylic acids is 3. The number of benzene rings is 1. The van der Waals surface area contributed by atoms with Gasteiger partial charge in [0.2, 0.25) is 5.91 Å². The second-order valence-corrected chi connectivity index (χ2v) is 5.85. The van der Waals surface area contributed by atoms with Gasteiger partial charge in [-0.1, -0.05) is 36.8 Å². The fourth-order valence-electron chi connectivity index (χ4n) is 2.27. The van der Waals surface area contributed by atoms with Gasteiger partial charge in [0.15, 0.2) is 0 Å². The summed E-state index contributed by atoms with van der Waals surface area (Å²) < 4.78 is 9.69. The number of methoxy groups -OCH3 is 1. The molecular formula is C20H26N2O5. The zero-order valence-corrected chi connectivity index (χ0v) is 15.5. The Balaban J connectivity index is 2.09. The molecule has 146 valence electrons. The molecule has 1 rings (SSSR count). The van der Waals surface area contributed by atoms with E-state index in [2.05, 4.69) is 21.3 Å². The summed E-state index contributed by atoms with van der Waals surface area (Å²) in [5.74, 6) is 1.53. The van der Waals surface area contributed by atoms with Crippen molar-refractivity contribution in [2.45, 2.75) is 44.8 Å². The van der Waals surface area contributed by atoms with Crippen LogP contribution in [-0.4, -0.2) is 37.7 Å². The van der Waals surface area contributed by atoms with Gasteiger partial charge in [0.1, 0.15) is 12.6 Å². The van der Waals surface area contributed by atoms with Crippen molar-refractivity contribution in [1.29, 1.82) is 0 Å². The predicted octanol–water partition coefficient (Wildman–Crippen LogP) is 2.15. The molecule has 0 fully saturated rings. The molecule has 27 heavy (non-hydrogen) atoms. The second kappa shape index (κ2) is 13.2. The Hall–Kier alpha value is -3.01. The third-order valence-electron chi connectivity index (χ3n) is 3.71. The van der Waals surface area contributed by atoms with Crippen molar-refractivity contribution in [2.75, 3.05) is 13.7 Å². The van der Waals surface area contributed by atoms with E-state index in [1.165, 1.54) is 7.11 Å². The topological polar surface area (TPSA) is 93.7 Å². The minimum atomic E-state index is -0.812. The molecule has 0 heterocycles. The normalized spacial score (nSPS) is 11.0. The fraction of sp³-hybridized carbons (Fsp3) is 0.450. The number of terminal acetylenes is 1. The SMILES string of the molecule is C#CC[C@H](NC(=O)CCCCCNC(=O)OCc1ccccc1)C(=O)OC. The largest absolute Gasteiger partial charge is 0.467 e. The van der Waals surface area contributed by atoms with Gasteiger partial charge in [-0.2, -0.15) is 0 Å². The minimum absolute atomic E-state index is 0.0907. The van der Waals surface area contributed by atoms with E-state index in [1.807, 2.05) is 30.3 Å². The third-order valence-corrected chi connectivity index (χ3v) is 3.71. The van der Waals surface area contributed by atoms with Gasteiger partial charge in [0, 0.05) is 19.4 Å². The van der Waals surface area contributed by atoms with Crippen LogP contribution in [0.25, 0.3) is 0 Å². The highest BCUT2D eigenvalue weighted by molar-refractivity contribution is 5.84. The molecule has 7 heteroatoms. The molecule has 7 nitrogen and oxygen atoms in total. The van der Waals surface area contributed by atoms with Crippen molar-refractivity contribution in [3.63, 3.8) is 0 Å². The van der Waals surface area contributed by atoms with Gasteiger partial charge in [-0.15, -0.1) is 12.3 Å². The second-order valence-electron chi connectivity index (χ2n) is 5.85. The van der Waals surface area contributed by atoms with Gasteiger partial charge in [0.25, 0.3) is 0 Å². The van der Waals surface area contributed by atoms with E-state index in [0.29, 0.717) is 13.0 Å². The van der Waals surface area contributed by atoms with E-state index in [9.17, 15) is 14.4 Å². The molecule has 1 atom stereocenters. The number of carbonyl (C=O) groups is 3. The van der Waals surface area contributed by atoms with Crippen molar-refractivity contribution < 1.29 is 23.9 Å². The minimum Gasteiger partial charge on any atom is -0.467 e. The maximum Gasteiger partial charge on any atom is 0.407 e. The average molecular weight is 374 g/mol. The number of alkyl carbamates (subject to hydrolysis) is 1. The van der Waals surface area contributed by atoms with Gasteiger partial charge in [-0.05, 0) is 18.4 Å². The summed E-state index contributed by atoms with van der Waals surface area (Å²) >= 11 is 0. The highest BCUT2D eigenvalue weighted by Crippen LogP contribution is 2.03. The number of esters is 1. The number of ether oxygens (including phenoxy) is 2. The molecule has 0 saturated heterocycles. The maximum atomic E-state index is 11.8. The van der Waals surface area contributed by atoms with Crippen molar-refractivity contribution in [1.82, 2.24) is 10.6 Å². The monoisotopic (exact) mass is 374 g/mol. The first kappa shape index (κ1) is 22.0. The van der Waals surface area contributed by atoms with E-state index in [0.717, 1.165) is 18.4 Å².